The highest BCUT2D eigenvalue weighted by atomic mass is 35.5. The van der Waals surface area contributed by atoms with Gasteiger partial charge in [-0.1, -0.05) is 54.4 Å². The summed E-state index contributed by atoms with van der Waals surface area (Å²) in [5.41, 5.74) is 2.82. The Balaban J connectivity index is 0.00000243. The van der Waals surface area contributed by atoms with Gasteiger partial charge in [0.15, 0.2) is 0 Å². The van der Waals surface area contributed by atoms with E-state index in [0.29, 0.717) is 6.54 Å². The molecule has 1 aliphatic heterocycles. The van der Waals surface area contributed by atoms with E-state index in [-0.39, 0.29) is 24.4 Å². The SMILES string of the molecule is Cc1ccccc1C(=O)NCC(c1ccccc1Cl)N1CCCCC1.Cl. The number of rotatable bonds is 5. The molecule has 0 aliphatic carbocycles. The van der Waals surface area contributed by atoms with Crippen LogP contribution in [0.3, 0.4) is 0 Å². The maximum absolute atomic E-state index is 12.6. The second-order valence-corrected chi connectivity index (χ2v) is 7.07. The number of hydrogen-bond donors (Lipinski definition) is 1. The van der Waals surface area contributed by atoms with Crippen molar-refractivity contribution < 1.29 is 4.79 Å². The van der Waals surface area contributed by atoms with Gasteiger partial charge >= 0.3 is 0 Å². The van der Waals surface area contributed by atoms with E-state index >= 15 is 0 Å². The molecule has 1 atom stereocenters. The average Bonchev–Trinajstić information content (AvgIpc) is 2.64. The molecule has 1 aliphatic rings. The molecule has 0 bridgehead atoms. The molecule has 140 valence electrons. The van der Waals surface area contributed by atoms with Gasteiger partial charge in [-0.15, -0.1) is 12.4 Å². The van der Waals surface area contributed by atoms with E-state index in [9.17, 15) is 4.79 Å². The number of nitrogens with zero attached hydrogens (tertiary/aromatic N) is 1. The number of hydrogen-bond acceptors (Lipinski definition) is 2. The molecule has 3 nitrogen and oxygen atoms in total. The molecule has 5 heteroatoms. The van der Waals surface area contributed by atoms with Crippen LogP contribution in [0.4, 0.5) is 0 Å². The zero-order valence-corrected chi connectivity index (χ0v) is 16.7. The number of benzene rings is 2. The third-order valence-electron chi connectivity index (χ3n) is 4.94. The number of carbonyl (C=O) groups is 1. The summed E-state index contributed by atoms with van der Waals surface area (Å²) in [6.45, 7) is 4.63. The van der Waals surface area contributed by atoms with Gasteiger partial charge in [-0.25, -0.2) is 0 Å². The number of carbonyl (C=O) groups excluding carboxylic acids is 1. The second-order valence-electron chi connectivity index (χ2n) is 6.66. The Bertz CT molecular complexity index is 729. The summed E-state index contributed by atoms with van der Waals surface area (Å²) in [6.07, 6.45) is 3.68. The minimum Gasteiger partial charge on any atom is -0.350 e. The van der Waals surface area contributed by atoms with Crippen LogP contribution in [-0.4, -0.2) is 30.4 Å². The standard InChI is InChI=1S/C21H25ClN2O.ClH/c1-16-9-3-4-10-17(16)21(25)23-15-20(24-13-7-2-8-14-24)18-11-5-6-12-19(18)22;/h3-6,9-12,20H,2,7-8,13-15H2,1H3,(H,23,25);1H. The molecular formula is C21H26Cl2N2O. The Morgan fingerprint density at radius 3 is 2.42 bits per heavy atom. The maximum atomic E-state index is 12.6. The molecule has 1 saturated heterocycles. The van der Waals surface area contributed by atoms with Crippen LogP contribution in [-0.2, 0) is 0 Å². The average molecular weight is 393 g/mol. The molecule has 1 unspecified atom stereocenters. The van der Waals surface area contributed by atoms with Gasteiger partial charge in [0, 0.05) is 17.1 Å². The number of likely N-dealkylation sites (tertiary alicyclic amines) is 1. The van der Waals surface area contributed by atoms with Crippen LogP contribution in [0.1, 0.15) is 46.8 Å². The van der Waals surface area contributed by atoms with Crippen molar-refractivity contribution in [2.24, 2.45) is 0 Å². The Kier molecular flexibility index (Phi) is 7.95. The normalized spacial score (nSPS) is 15.8. The Labute approximate surface area is 167 Å². The van der Waals surface area contributed by atoms with Crippen molar-refractivity contribution in [2.45, 2.75) is 32.2 Å². The summed E-state index contributed by atoms with van der Waals surface area (Å²) in [4.78, 5) is 15.1. The molecule has 1 N–H and O–H groups in total. The molecule has 1 heterocycles. The van der Waals surface area contributed by atoms with Gasteiger partial charge in [0.1, 0.15) is 0 Å². The summed E-state index contributed by atoms with van der Waals surface area (Å²) < 4.78 is 0. The highest BCUT2D eigenvalue weighted by Crippen LogP contribution is 2.29. The Morgan fingerprint density at radius 2 is 1.73 bits per heavy atom. The van der Waals surface area contributed by atoms with Crippen LogP contribution in [0.5, 0.6) is 0 Å². The lowest BCUT2D eigenvalue weighted by Crippen LogP contribution is -2.40. The zero-order chi connectivity index (χ0) is 17.6. The van der Waals surface area contributed by atoms with Crippen molar-refractivity contribution in [3.8, 4) is 0 Å². The first-order valence-electron chi connectivity index (χ1n) is 8.99. The van der Waals surface area contributed by atoms with E-state index in [0.717, 1.165) is 34.8 Å². The van der Waals surface area contributed by atoms with Crippen molar-refractivity contribution in [1.29, 1.82) is 0 Å². The molecule has 1 amide bonds. The third-order valence-corrected chi connectivity index (χ3v) is 5.29. The van der Waals surface area contributed by atoms with Gasteiger partial charge in [-0.05, 0) is 56.1 Å². The number of piperidine rings is 1. The molecule has 2 aromatic carbocycles. The molecule has 26 heavy (non-hydrogen) atoms. The van der Waals surface area contributed by atoms with Crippen molar-refractivity contribution >= 4 is 29.9 Å². The monoisotopic (exact) mass is 392 g/mol. The largest absolute Gasteiger partial charge is 0.350 e. The van der Waals surface area contributed by atoms with Crippen molar-refractivity contribution in [3.63, 3.8) is 0 Å². The highest BCUT2D eigenvalue weighted by Gasteiger charge is 2.24. The van der Waals surface area contributed by atoms with E-state index in [2.05, 4.69) is 16.3 Å². The van der Waals surface area contributed by atoms with E-state index in [1.54, 1.807) is 0 Å². The molecule has 3 rings (SSSR count). The minimum absolute atomic E-state index is 0. The van der Waals surface area contributed by atoms with E-state index in [1.165, 1.54) is 19.3 Å². The van der Waals surface area contributed by atoms with Crippen LogP contribution < -0.4 is 5.32 Å². The van der Waals surface area contributed by atoms with Crippen LogP contribution in [0, 0.1) is 6.92 Å². The predicted molar refractivity (Wildman–Crippen MR) is 110 cm³/mol. The molecule has 1 fully saturated rings. The predicted octanol–water partition coefficient (Wildman–Crippen LogP) is 5.03. The highest BCUT2D eigenvalue weighted by molar-refractivity contribution is 6.31. The van der Waals surface area contributed by atoms with Crippen LogP contribution in [0.2, 0.25) is 5.02 Å². The van der Waals surface area contributed by atoms with Gasteiger partial charge in [0.25, 0.3) is 5.91 Å². The van der Waals surface area contributed by atoms with Gasteiger partial charge in [0.05, 0.1) is 6.04 Å². The van der Waals surface area contributed by atoms with Crippen LogP contribution >= 0.6 is 24.0 Å². The van der Waals surface area contributed by atoms with Crippen LogP contribution in [0.15, 0.2) is 48.5 Å². The lowest BCUT2D eigenvalue weighted by molar-refractivity contribution is 0.0924. The molecular weight excluding hydrogens is 367 g/mol. The smallest absolute Gasteiger partial charge is 0.251 e. The summed E-state index contributed by atoms with van der Waals surface area (Å²) >= 11 is 6.46. The topological polar surface area (TPSA) is 32.3 Å². The summed E-state index contributed by atoms with van der Waals surface area (Å²) in [5, 5.41) is 3.89. The van der Waals surface area contributed by atoms with Gasteiger partial charge < -0.3 is 5.32 Å². The number of amides is 1. The Hall–Kier alpha value is -1.55. The summed E-state index contributed by atoms with van der Waals surface area (Å²) in [7, 11) is 0. The maximum Gasteiger partial charge on any atom is 0.251 e. The fraction of sp³-hybridized carbons (Fsp3) is 0.381. The van der Waals surface area contributed by atoms with Gasteiger partial charge in [0.2, 0.25) is 0 Å². The van der Waals surface area contributed by atoms with Crippen molar-refractivity contribution in [2.75, 3.05) is 19.6 Å². The first-order chi connectivity index (χ1) is 12.2. The Morgan fingerprint density at radius 1 is 1.08 bits per heavy atom. The summed E-state index contributed by atoms with van der Waals surface area (Å²) in [5.74, 6) is -0.0211. The molecule has 2 aromatic rings. The number of nitrogens with one attached hydrogen (secondary N) is 1. The summed E-state index contributed by atoms with van der Waals surface area (Å²) in [6, 6.07) is 15.8. The lowest BCUT2D eigenvalue weighted by Gasteiger charge is -2.35. The van der Waals surface area contributed by atoms with E-state index < -0.39 is 0 Å². The molecule has 0 aromatic heterocycles. The molecule has 0 saturated carbocycles. The number of aryl methyl sites for hydroxylation is 1. The molecule has 0 spiro atoms. The van der Waals surface area contributed by atoms with Crippen molar-refractivity contribution in [3.05, 3.63) is 70.2 Å². The van der Waals surface area contributed by atoms with Gasteiger partial charge in [-0.2, -0.15) is 0 Å². The van der Waals surface area contributed by atoms with Crippen molar-refractivity contribution in [1.82, 2.24) is 10.2 Å². The van der Waals surface area contributed by atoms with E-state index in [4.69, 9.17) is 11.6 Å². The minimum atomic E-state index is -0.0211. The van der Waals surface area contributed by atoms with Gasteiger partial charge in [-0.3, -0.25) is 9.69 Å². The first kappa shape index (κ1) is 20.8. The number of halogens is 2. The first-order valence-corrected chi connectivity index (χ1v) is 9.37. The van der Waals surface area contributed by atoms with Crippen LogP contribution in [0.25, 0.3) is 0 Å². The fourth-order valence-corrected chi connectivity index (χ4v) is 3.79. The third kappa shape index (κ3) is 5.00. The fourth-order valence-electron chi connectivity index (χ4n) is 3.52. The zero-order valence-electron chi connectivity index (χ0n) is 15.1. The lowest BCUT2D eigenvalue weighted by atomic mass is 10.0. The molecule has 0 radical (unpaired) electrons. The van der Waals surface area contributed by atoms with E-state index in [1.807, 2.05) is 49.4 Å². The quantitative estimate of drug-likeness (QED) is 0.773. The second kappa shape index (κ2) is 9.96.